The van der Waals surface area contributed by atoms with Gasteiger partial charge >= 0.3 is 0 Å². The van der Waals surface area contributed by atoms with Crippen molar-refractivity contribution in [1.82, 2.24) is 15.2 Å². The van der Waals surface area contributed by atoms with E-state index in [0.29, 0.717) is 10.2 Å². The molecule has 0 radical (unpaired) electrons. The maximum absolute atomic E-state index is 10.9. The van der Waals surface area contributed by atoms with E-state index in [9.17, 15) is 10.1 Å². The second-order valence-electron chi connectivity index (χ2n) is 6.10. The van der Waals surface area contributed by atoms with Crippen LogP contribution in [0.15, 0.2) is 18.2 Å². The number of nitro groups is 1. The SMILES string of the molecule is CCN(CC)CCCC(C)NC(=S)Nc1nc2ccc([N+](=O)[O-])cc2s1. The van der Waals surface area contributed by atoms with Gasteiger partial charge in [-0.2, -0.15) is 0 Å². The van der Waals surface area contributed by atoms with Crippen LogP contribution in [0, 0.1) is 10.1 Å². The average molecular weight is 396 g/mol. The Bertz CT molecular complexity index is 761. The third kappa shape index (κ3) is 5.86. The minimum atomic E-state index is -0.404. The summed E-state index contributed by atoms with van der Waals surface area (Å²) < 4.78 is 0.761. The Morgan fingerprint density at radius 2 is 2.15 bits per heavy atom. The van der Waals surface area contributed by atoms with E-state index in [1.54, 1.807) is 6.07 Å². The Balaban J connectivity index is 1.85. The van der Waals surface area contributed by atoms with E-state index in [2.05, 4.69) is 41.3 Å². The number of anilines is 1. The van der Waals surface area contributed by atoms with Gasteiger partial charge < -0.3 is 15.5 Å². The molecule has 2 N–H and O–H groups in total. The van der Waals surface area contributed by atoms with Crippen LogP contribution in [0.5, 0.6) is 0 Å². The molecule has 1 unspecified atom stereocenters. The van der Waals surface area contributed by atoms with E-state index in [-0.39, 0.29) is 11.7 Å². The fourth-order valence-corrected chi connectivity index (χ4v) is 3.94. The van der Waals surface area contributed by atoms with Gasteiger partial charge in [0.1, 0.15) is 0 Å². The number of hydrogen-bond donors (Lipinski definition) is 2. The summed E-state index contributed by atoms with van der Waals surface area (Å²) in [4.78, 5) is 17.3. The molecular weight excluding hydrogens is 370 g/mol. The summed E-state index contributed by atoms with van der Waals surface area (Å²) in [6.45, 7) is 9.71. The van der Waals surface area contributed by atoms with Gasteiger partial charge in [0.25, 0.3) is 5.69 Å². The van der Waals surface area contributed by atoms with Crippen LogP contribution in [-0.2, 0) is 0 Å². The maximum atomic E-state index is 10.9. The van der Waals surface area contributed by atoms with Crippen LogP contribution in [0.1, 0.15) is 33.6 Å². The Hall–Kier alpha value is -1.84. The van der Waals surface area contributed by atoms with Crippen LogP contribution in [0.3, 0.4) is 0 Å². The molecule has 1 aromatic carbocycles. The summed E-state index contributed by atoms with van der Waals surface area (Å²) in [5, 5.41) is 18.4. The lowest BCUT2D eigenvalue weighted by atomic mass is 10.2. The van der Waals surface area contributed by atoms with Gasteiger partial charge in [0.05, 0.1) is 15.1 Å². The van der Waals surface area contributed by atoms with Gasteiger partial charge in [0.15, 0.2) is 10.2 Å². The van der Waals surface area contributed by atoms with Crippen molar-refractivity contribution in [3.05, 3.63) is 28.3 Å². The van der Waals surface area contributed by atoms with Gasteiger partial charge in [-0.3, -0.25) is 10.1 Å². The number of thiazole rings is 1. The molecule has 0 aliphatic carbocycles. The fourth-order valence-electron chi connectivity index (χ4n) is 2.67. The average Bonchev–Trinajstić information content (AvgIpc) is 2.99. The molecule has 1 heterocycles. The summed E-state index contributed by atoms with van der Waals surface area (Å²) in [5.41, 5.74) is 0.786. The van der Waals surface area contributed by atoms with E-state index < -0.39 is 4.92 Å². The van der Waals surface area contributed by atoms with Gasteiger partial charge in [-0.25, -0.2) is 4.98 Å². The van der Waals surface area contributed by atoms with Crippen molar-refractivity contribution in [3.63, 3.8) is 0 Å². The lowest BCUT2D eigenvalue weighted by Gasteiger charge is -2.20. The van der Waals surface area contributed by atoms with E-state index in [0.717, 1.165) is 42.7 Å². The van der Waals surface area contributed by atoms with Crippen LogP contribution in [0.2, 0.25) is 0 Å². The van der Waals surface area contributed by atoms with Crippen molar-refractivity contribution in [2.75, 3.05) is 25.0 Å². The molecular formula is C17H25N5O2S2. The molecule has 26 heavy (non-hydrogen) atoms. The third-order valence-electron chi connectivity index (χ3n) is 4.19. The minimum Gasteiger partial charge on any atom is -0.360 e. The van der Waals surface area contributed by atoms with Crippen LogP contribution in [0.25, 0.3) is 10.2 Å². The first-order valence-corrected chi connectivity index (χ1v) is 10.00. The number of nitrogens with one attached hydrogen (secondary N) is 2. The summed E-state index contributed by atoms with van der Waals surface area (Å²) >= 11 is 6.71. The van der Waals surface area contributed by atoms with Crippen molar-refractivity contribution in [2.45, 2.75) is 39.7 Å². The van der Waals surface area contributed by atoms with Crippen LogP contribution >= 0.6 is 23.6 Å². The Morgan fingerprint density at radius 1 is 1.42 bits per heavy atom. The first-order chi connectivity index (χ1) is 12.4. The Labute approximate surface area is 162 Å². The zero-order valence-electron chi connectivity index (χ0n) is 15.3. The molecule has 1 atom stereocenters. The van der Waals surface area contributed by atoms with Gasteiger partial charge in [-0.15, -0.1) is 0 Å². The molecule has 0 spiro atoms. The highest BCUT2D eigenvalue weighted by Gasteiger charge is 2.12. The highest BCUT2D eigenvalue weighted by molar-refractivity contribution is 7.80. The number of fused-ring (bicyclic) bond motifs is 1. The summed E-state index contributed by atoms with van der Waals surface area (Å²) in [6, 6.07) is 4.91. The largest absolute Gasteiger partial charge is 0.360 e. The molecule has 1 aromatic heterocycles. The molecule has 0 saturated carbocycles. The zero-order chi connectivity index (χ0) is 19.1. The number of non-ortho nitro benzene ring substituents is 1. The van der Waals surface area contributed by atoms with Crippen molar-refractivity contribution in [2.24, 2.45) is 0 Å². The zero-order valence-corrected chi connectivity index (χ0v) is 17.0. The number of nitrogens with zero attached hydrogens (tertiary/aromatic N) is 3. The number of rotatable bonds is 9. The molecule has 2 rings (SSSR count). The lowest BCUT2D eigenvalue weighted by Crippen LogP contribution is -2.36. The first-order valence-electron chi connectivity index (χ1n) is 8.77. The number of nitro benzene ring substituents is 1. The number of hydrogen-bond acceptors (Lipinski definition) is 6. The molecule has 0 amide bonds. The number of benzene rings is 1. The number of aromatic nitrogens is 1. The van der Waals surface area contributed by atoms with Gasteiger partial charge in [-0.1, -0.05) is 25.2 Å². The van der Waals surface area contributed by atoms with Gasteiger partial charge in [0.2, 0.25) is 0 Å². The maximum Gasteiger partial charge on any atom is 0.270 e. The van der Waals surface area contributed by atoms with Crippen molar-refractivity contribution < 1.29 is 4.92 Å². The predicted molar refractivity (Wildman–Crippen MR) is 112 cm³/mol. The predicted octanol–water partition coefficient (Wildman–Crippen LogP) is 4.00. The first kappa shape index (κ1) is 20.5. The number of thiocarbonyl (C=S) groups is 1. The highest BCUT2D eigenvalue weighted by Crippen LogP contribution is 2.29. The molecule has 0 fully saturated rings. The Morgan fingerprint density at radius 3 is 2.81 bits per heavy atom. The van der Waals surface area contributed by atoms with E-state index in [4.69, 9.17) is 12.2 Å². The van der Waals surface area contributed by atoms with Crippen molar-refractivity contribution in [1.29, 1.82) is 0 Å². The monoisotopic (exact) mass is 395 g/mol. The minimum absolute atomic E-state index is 0.0650. The van der Waals surface area contributed by atoms with E-state index >= 15 is 0 Å². The molecule has 0 saturated heterocycles. The summed E-state index contributed by atoms with van der Waals surface area (Å²) in [6.07, 6.45) is 2.15. The van der Waals surface area contributed by atoms with Crippen molar-refractivity contribution in [3.8, 4) is 0 Å². The van der Waals surface area contributed by atoms with Crippen LogP contribution in [0.4, 0.5) is 10.8 Å². The molecule has 0 bridgehead atoms. The standard InChI is InChI=1S/C17H25N5O2S2/c1-4-21(5-2)10-6-7-12(3)18-16(25)20-17-19-14-9-8-13(22(23)24)11-15(14)26-17/h8-9,11-12H,4-7,10H2,1-3H3,(H2,18,19,20,25). The van der Waals surface area contributed by atoms with Crippen LogP contribution < -0.4 is 10.6 Å². The van der Waals surface area contributed by atoms with Crippen molar-refractivity contribution >= 4 is 49.7 Å². The third-order valence-corrected chi connectivity index (χ3v) is 5.34. The fraction of sp³-hybridized carbons (Fsp3) is 0.529. The Kier molecular flexibility index (Phi) is 7.67. The molecule has 2 aromatic rings. The molecule has 142 valence electrons. The van der Waals surface area contributed by atoms with E-state index in [1.807, 2.05) is 0 Å². The second-order valence-corrected chi connectivity index (χ2v) is 7.54. The quantitative estimate of drug-likeness (QED) is 0.377. The smallest absolute Gasteiger partial charge is 0.270 e. The van der Waals surface area contributed by atoms with Crippen LogP contribution in [-0.4, -0.2) is 45.6 Å². The topological polar surface area (TPSA) is 83.3 Å². The highest BCUT2D eigenvalue weighted by atomic mass is 32.1. The molecule has 7 nitrogen and oxygen atoms in total. The normalized spacial score (nSPS) is 12.3. The summed E-state index contributed by atoms with van der Waals surface area (Å²) in [5.74, 6) is 0. The van der Waals surface area contributed by atoms with E-state index in [1.165, 1.54) is 23.5 Å². The summed E-state index contributed by atoms with van der Waals surface area (Å²) in [7, 11) is 0. The van der Waals surface area contributed by atoms with Gasteiger partial charge in [0, 0.05) is 18.2 Å². The molecule has 0 aliphatic heterocycles. The second kappa shape index (κ2) is 9.75. The molecule has 0 aliphatic rings. The lowest BCUT2D eigenvalue weighted by molar-refractivity contribution is -0.384. The molecule has 9 heteroatoms. The van der Waals surface area contributed by atoms with Gasteiger partial charge in [-0.05, 0) is 57.7 Å².